The van der Waals surface area contributed by atoms with Gasteiger partial charge < -0.3 is 18.8 Å². The molecule has 1 aliphatic heterocycles. The molecule has 2 aliphatic carbocycles. The van der Waals surface area contributed by atoms with Crippen LogP contribution in [0.1, 0.15) is 81.4 Å². The van der Waals surface area contributed by atoms with Gasteiger partial charge in [-0.25, -0.2) is 4.98 Å². The second kappa shape index (κ2) is 9.28. The summed E-state index contributed by atoms with van der Waals surface area (Å²) in [6, 6.07) is 6.58. The molecule has 1 aromatic carbocycles. The van der Waals surface area contributed by atoms with Crippen LogP contribution >= 0.6 is 0 Å². The van der Waals surface area contributed by atoms with Crippen molar-refractivity contribution in [2.45, 2.75) is 95.5 Å². The topological polar surface area (TPSA) is 67.7 Å². The van der Waals surface area contributed by atoms with E-state index in [0.29, 0.717) is 30.9 Å². The molecule has 1 saturated heterocycles. The van der Waals surface area contributed by atoms with Gasteiger partial charge in [0, 0.05) is 32.3 Å². The van der Waals surface area contributed by atoms with Gasteiger partial charge >= 0.3 is 0 Å². The van der Waals surface area contributed by atoms with Crippen LogP contribution < -0.4 is 0 Å². The Bertz CT molecular complexity index is 1160. The number of amides is 2. The highest BCUT2D eigenvalue weighted by atomic mass is 28.4. The Kier molecular flexibility index (Phi) is 6.56. The van der Waals surface area contributed by atoms with Crippen LogP contribution in [0.2, 0.25) is 18.1 Å². The molecule has 8 heteroatoms. The Morgan fingerprint density at radius 1 is 1.06 bits per heavy atom. The van der Waals surface area contributed by atoms with E-state index in [0.717, 1.165) is 36.7 Å². The van der Waals surface area contributed by atoms with Crippen molar-refractivity contribution in [3.63, 3.8) is 0 Å². The normalized spacial score (nSPS) is 24.0. The van der Waals surface area contributed by atoms with Gasteiger partial charge in [-0.15, -0.1) is 0 Å². The van der Waals surface area contributed by atoms with Crippen LogP contribution in [0.25, 0.3) is 11.0 Å². The van der Waals surface area contributed by atoms with Crippen molar-refractivity contribution in [2.24, 2.45) is 7.05 Å². The van der Waals surface area contributed by atoms with Crippen LogP contribution in [-0.2, 0) is 16.3 Å². The predicted octanol–water partition coefficient (Wildman–Crippen LogP) is 5.07. The number of aryl methyl sites for hydroxylation is 1. The summed E-state index contributed by atoms with van der Waals surface area (Å²) in [7, 11) is 0.127. The molecule has 5 rings (SSSR count). The summed E-state index contributed by atoms with van der Waals surface area (Å²) in [5, 5.41) is 0.210. The van der Waals surface area contributed by atoms with E-state index in [9.17, 15) is 9.59 Å². The average molecular weight is 511 g/mol. The second-order valence-electron chi connectivity index (χ2n) is 12.6. The lowest BCUT2D eigenvalue weighted by molar-refractivity contribution is -0.138. The van der Waals surface area contributed by atoms with Crippen LogP contribution in [0.4, 0.5) is 0 Å². The highest BCUT2D eigenvalue weighted by molar-refractivity contribution is 6.74. The van der Waals surface area contributed by atoms with Crippen molar-refractivity contribution < 1.29 is 14.0 Å². The highest BCUT2D eigenvalue weighted by Crippen LogP contribution is 2.41. The molecule has 36 heavy (non-hydrogen) atoms. The first kappa shape index (κ1) is 25.5. The zero-order valence-corrected chi connectivity index (χ0v) is 23.8. The zero-order valence-electron chi connectivity index (χ0n) is 22.8. The largest absolute Gasteiger partial charge is 0.414 e. The molecule has 2 heterocycles. The lowest BCUT2D eigenvalue weighted by Gasteiger charge is -2.44. The Morgan fingerprint density at radius 2 is 1.75 bits per heavy atom. The van der Waals surface area contributed by atoms with E-state index in [2.05, 4.69) is 51.0 Å². The molecule has 2 saturated carbocycles. The highest BCUT2D eigenvalue weighted by Gasteiger charge is 2.41. The molecule has 0 bridgehead atoms. The Morgan fingerprint density at radius 3 is 2.36 bits per heavy atom. The summed E-state index contributed by atoms with van der Waals surface area (Å²) in [6.45, 7) is 12.8. The van der Waals surface area contributed by atoms with Gasteiger partial charge in [-0.2, -0.15) is 0 Å². The number of carbonyl (C=O) groups is 2. The van der Waals surface area contributed by atoms with Crippen molar-refractivity contribution in [3.05, 3.63) is 29.6 Å². The number of imidazole rings is 1. The van der Waals surface area contributed by atoms with Crippen LogP contribution in [0.5, 0.6) is 0 Å². The van der Waals surface area contributed by atoms with Gasteiger partial charge in [0.2, 0.25) is 5.91 Å². The minimum atomic E-state index is -1.78. The van der Waals surface area contributed by atoms with Crippen molar-refractivity contribution >= 4 is 31.2 Å². The molecule has 7 nitrogen and oxygen atoms in total. The number of piperazine rings is 1. The molecule has 3 aliphatic rings. The van der Waals surface area contributed by atoms with Crippen molar-refractivity contribution in [3.8, 4) is 0 Å². The maximum absolute atomic E-state index is 13.4. The number of rotatable bonds is 5. The van der Waals surface area contributed by atoms with E-state index in [1.807, 2.05) is 22.6 Å². The molecule has 1 aromatic heterocycles. The van der Waals surface area contributed by atoms with Gasteiger partial charge in [0.1, 0.15) is 6.54 Å². The van der Waals surface area contributed by atoms with E-state index in [-0.39, 0.29) is 29.4 Å². The van der Waals surface area contributed by atoms with Gasteiger partial charge in [-0.1, -0.05) is 26.8 Å². The van der Waals surface area contributed by atoms with Gasteiger partial charge in [-0.3, -0.25) is 9.59 Å². The maximum atomic E-state index is 13.4. The molecule has 2 aromatic rings. The standard InChI is InChI=1S/C28H42N4O3Si/c1-28(2,3)36(5,6)35-22-12-10-21(11-13-22)32-16-15-31(18-25(32)33)27(34)26-29-23-14-9-20(19-7-8-19)17-24(23)30(26)4/h9,14,17,19,21-22H,7-8,10-13,15-16,18H2,1-6H3. The molecular formula is C28H42N4O3Si. The fourth-order valence-corrected chi connectivity index (χ4v) is 6.95. The van der Waals surface area contributed by atoms with E-state index in [4.69, 9.17) is 4.43 Å². The lowest BCUT2D eigenvalue weighted by atomic mass is 9.91. The fourth-order valence-electron chi connectivity index (χ4n) is 5.52. The molecular weight excluding hydrogens is 468 g/mol. The number of nitrogens with zero attached hydrogens (tertiary/aromatic N) is 4. The smallest absolute Gasteiger partial charge is 0.290 e. The third-order valence-electron chi connectivity index (χ3n) is 9.04. The van der Waals surface area contributed by atoms with E-state index in [1.54, 1.807) is 4.90 Å². The van der Waals surface area contributed by atoms with Gasteiger partial charge in [0.25, 0.3) is 5.91 Å². The number of benzene rings is 1. The van der Waals surface area contributed by atoms with E-state index >= 15 is 0 Å². The summed E-state index contributed by atoms with van der Waals surface area (Å²) in [4.78, 5) is 34.8. The minimum Gasteiger partial charge on any atom is -0.414 e. The molecule has 0 atom stereocenters. The Labute approximate surface area is 216 Å². The van der Waals surface area contributed by atoms with Crippen LogP contribution in [0, 0.1) is 0 Å². The first-order valence-electron chi connectivity index (χ1n) is 13.7. The third kappa shape index (κ3) is 4.86. The summed E-state index contributed by atoms with van der Waals surface area (Å²) < 4.78 is 8.53. The second-order valence-corrected chi connectivity index (χ2v) is 17.4. The monoisotopic (exact) mass is 510 g/mol. The van der Waals surface area contributed by atoms with Crippen molar-refractivity contribution in [1.82, 2.24) is 19.4 Å². The van der Waals surface area contributed by atoms with Crippen molar-refractivity contribution in [2.75, 3.05) is 19.6 Å². The van der Waals surface area contributed by atoms with E-state index < -0.39 is 8.32 Å². The number of hydrogen-bond acceptors (Lipinski definition) is 4. The minimum absolute atomic E-state index is 0.0538. The van der Waals surface area contributed by atoms with Crippen LogP contribution in [-0.4, -0.2) is 71.3 Å². The molecule has 0 N–H and O–H groups in total. The number of carbonyl (C=O) groups excluding carboxylic acids is 2. The summed E-state index contributed by atoms with van der Waals surface area (Å²) in [5.41, 5.74) is 3.16. The van der Waals surface area contributed by atoms with Gasteiger partial charge in [-0.05, 0) is 80.3 Å². The molecule has 196 valence electrons. The van der Waals surface area contributed by atoms with Crippen LogP contribution in [0.15, 0.2) is 18.2 Å². The molecule has 0 unspecified atom stereocenters. The summed E-state index contributed by atoms with van der Waals surface area (Å²) in [5.74, 6) is 0.976. The van der Waals surface area contributed by atoms with Crippen LogP contribution in [0.3, 0.4) is 0 Å². The van der Waals surface area contributed by atoms with Gasteiger partial charge in [0.05, 0.1) is 11.0 Å². The van der Waals surface area contributed by atoms with Crippen molar-refractivity contribution in [1.29, 1.82) is 0 Å². The molecule has 2 amide bonds. The maximum Gasteiger partial charge on any atom is 0.290 e. The molecule has 0 radical (unpaired) electrons. The third-order valence-corrected chi connectivity index (χ3v) is 13.6. The quantitative estimate of drug-likeness (QED) is 0.527. The van der Waals surface area contributed by atoms with Gasteiger partial charge in [0.15, 0.2) is 14.1 Å². The molecule has 3 fully saturated rings. The average Bonchev–Trinajstić information content (AvgIpc) is 3.62. The SMILES string of the molecule is Cn1c(C(=O)N2CCN(C3CCC(O[Si](C)(C)C(C)(C)C)CC3)C(=O)C2)nc2ccc(C3CC3)cc21. The Balaban J connectivity index is 1.19. The Hall–Kier alpha value is -2.19. The summed E-state index contributed by atoms with van der Waals surface area (Å²) >= 11 is 0. The zero-order chi connectivity index (χ0) is 25.8. The lowest BCUT2D eigenvalue weighted by Crippen LogP contribution is -2.56. The number of hydrogen-bond donors (Lipinski definition) is 0. The fraction of sp³-hybridized carbons (Fsp3) is 0.679. The van der Waals surface area contributed by atoms with E-state index in [1.165, 1.54) is 18.4 Å². The number of aromatic nitrogens is 2. The first-order valence-corrected chi connectivity index (χ1v) is 16.6. The molecule has 0 spiro atoms. The predicted molar refractivity (Wildman–Crippen MR) is 145 cm³/mol. The number of fused-ring (bicyclic) bond motifs is 1. The summed E-state index contributed by atoms with van der Waals surface area (Å²) in [6.07, 6.45) is 6.76. The first-order chi connectivity index (χ1) is 16.9.